The maximum Gasteiger partial charge on any atom is 0.350 e. The molecule has 0 aliphatic carbocycles. The molecule has 0 radical (unpaired) electrons. The number of aromatic nitrogens is 6. The quantitative estimate of drug-likeness (QED) is 0.374. The molecule has 11 nitrogen and oxygen atoms in total. The molecule has 12 heteroatoms. The SMILES string of the molecule is COc1nn(Cc2nc3c4c5c(sc4ncn3n2)CN(C)CC5)cc1[N+](=O)[O-]. The van der Waals surface area contributed by atoms with Gasteiger partial charge in [0.15, 0.2) is 11.5 Å². The Balaban J connectivity index is 1.57. The highest BCUT2D eigenvalue weighted by Gasteiger charge is 2.24. The van der Waals surface area contributed by atoms with E-state index in [9.17, 15) is 10.1 Å². The minimum Gasteiger partial charge on any atom is -0.475 e. The van der Waals surface area contributed by atoms with Crippen molar-refractivity contribution in [2.75, 3.05) is 20.7 Å². The van der Waals surface area contributed by atoms with Crippen LogP contribution in [0.4, 0.5) is 5.69 Å². The second-order valence-electron chi connectivity index (χ2n) is 6.69. The lowest BCUT2D eigenvalue weighted by molar-refractivity contribution is -0.385. The van der Waals surface area contributed by atoms with Crippen LogP contribution < -0.4 is 4.74 Å². The highest BCUT2D eigenvalue weighted by Crippen LogP contribution is 2.35. The summed E-state index contributed by atoms with van der Waals surface area (Å²) in [5, 5.41) is 20.7. The normalized spacial score (nSPS) is 14.6. The van der Waals surface area contributed by atoms with Gasteiger partial charge in [0.05, 0.1) is 17.4 Å². The van der Waals surface area contributed by atoms with E-state index in [1.807, 2.05) is 0 Å². The van der Waals surface area contributed by atoms with E-state index in [0.29, 0.717) is 5.82 Å². The molecule has 0 amide bonds. The Kier molecular flexibility index (Phi) is 3.77. The van der Waals surface area contributed by atoms with E-state index in [-0.39, 0.29) is 18.1 Å². The number of ether oxygens (including phenoxy) is 1. The summed E-state index contributed by atoms with van der Waals surface area (Å²) in [6.07, 6.45) is 3.94. The van der Waals surface area contributed by atoms with Gasteiger partial charge in [0, 0.05) is 18.0 Å². The molecular formula is C16H16N8O3S. The van der Waals surface area contributed by atoms with Gasteiger partial charge >= 0.3 is 11.6 Å². The van der Waals surface area contributed by atoms with E-state index in [0.717, 1.165) is 35.4 Å². The van der Waals surface area contributed by atoms with Crippen LogP contribution in [0.3, 0.4) is 0 Å². The molecule has 0 saturated heterocycles. The number of methoxy groups -OCH3 is 1. The molecule has 0 spiro atoms. The Labute approximate surface area is 162 Å². The molecule has 144 valence electrons. The zero-order valence-corrected chi connectivity index (χ0v) is 16.0. The summed E-state index contributed by atoms with van der Waals surface area (Å²) in [6.45, 7) is 2.11. The third-order valence-electron chi connectivity index (χ3n) is 4.82. The summed E-state index contributed by atoms with van der Waals surface area (Å²) < 4.78 is 8.05. The number of likely N-dealkylation sites (N-methyl/N-ethyl adjacent to an activating group) is 1. The van der Waals surface area contributed by atoms with Crippen molar-refractivity contribution in [1.82, 2.24) is 34.3 Å². The summed E-state index contributed by atoms with van der Waals surface area (Å²) in [7, 11) is 3.46. The average molecular weight is 400 g/mol. The standard InChI is InChI=1S/C16H16N8O3S/c1-21-4-3-9-11(6-21)28-16-13(9)14-18-12(19-23(14)8-17-16)7-22-5-10(24(25)26)15(20-22)27-2/h5,8H,3-4,6-7H2,1-2H3. The van der Waals surface area contributed by atoms with Crippen molar-refractivity contribution in [3.8, 4) is 5.88 Å². The third-order valence-corrected chi connectivity index (χ3v) is 5.94. The summed E-state index contributed by atoms with van der Waals surface area (Å²) in [6, 6.07) is 0. The van der Waals surface area contributed by atoms with Gasteiger partial charge in [-0.2, -0.15) is 0 Å². The predicted octanol–water partition coefficient (Wildman–Crippen LogP) is 1.49. The molecule has 1 aliphatic heterocycles. The van der Waals surface area contributed by atoms with Crippen LogP contribution in [0.2, 0.25) is 0 Å². The maximum atomic E-state index is 11.1. The fourth-order valence-electron chi connectivity index (χ4n) is 3.52. The third kappa shape index (κ3) is 2.60. The number of thiophene rings is 1. The molecule has 4 aromatic heterocycles. The molecule has 0 N–H and O–H groups in total. The topological polar surface area (TPSA) is 117 Å². The van der Waals surface area contributed by atoms with Gasteiger partial charge in [-0.25, -0.2) is 14.5 Å². The molecule has 1 aliphatic rings. The zero-order valence-electron chi connectivity index (χ0n) is 15.2. The highest BCUT2D eigenvalue weighted by molar-refractivity contribution is 7.19. The molecule has 0 unspecified atom stereocenters. The van der Waals surface area contributed by atoms with Crippen molar-refractivity contribution in [2.45, 2.75) is 19.5 Å². The predicted molar refractivity (Wildman–Crippen MR) is 101 cm³/mol. The van der Waals surface area contributed by atoms with Crippen molar-refractivity contribution in [3.05, 3.63) is 38.9 Å². The van der Waals surface area contributed by atoms with Gasteiger partial charge in [-0.05, 0) is 19.0 Å². The van der Waals surface area contributed by atoms with Crippen LogP contribution in [0, 0.1) is 10.1 Å². The number of rotatable bonds is 4. The lowest BCUT2D eigenvalue weighted by Gasteiger charge is -2.21. The molecule has 28 heavy (non-hydrogen) atoms. The Bertz CT molecular complexity index is 1230. The summed E-state index contributed by atoms with van der Waals surface area (Å²) in [5.74, 6) is 0.469. The van der Waals surface area contributed by atoms with Gasteiger partial charge in [0.1, 0.15) is 23.9 Å². The van der Waals surface area contributed by atoms with Gasteiger partial charge in [-0.3, -0.25) is 14.8 Å². The van der Waals surface area contributed by atoms with Crippen LogP contribution in [-0.2, 0) is 19.5 Å². The summed E-state index contributed by atoms with van der Waals surface area (Å²) in [4.78, 5) is 24.4. The number of nitrogens with zero attached hydrogens (tertiary/aromatic N) is 8. The van der Waals surface area contributed by atoms with Crippen LogP contribution in [0.15, 0.2) is 12.5 Å². The highest BCUT2D eigenvalue weighted by atomic mass is 32.1. The van der Waals surface area contributed by atoms with Crippen molar-refractivity contribution in [2.24, 2.45) is 0 Å². The Hall–Kier alpha value is -3.12. The molecule has 0 saturated carbocycles. The van der Waals surface area contributed by atoms with Crippen molar-refractivity contribution < 1.29 is 9.66 Å². The molecule has 0 aromatic carbocycles. The van der Waals surface area contributed by atoms with Crippen molar-refractivity contribution in [3.63, 3.8) is 0 Å². The van der Waals surface area contributed by atoms with Gasteiger partial charge in [-0.1, -0.05) is 0 Å². The number of hydrogen-bond donors (Lipinski definition) is 0. The second kappa shape index (κ2) is 6.21. The first kappa shape index (κ1) is 17.0. The molecular weight excluding hydrogens is 384 g/mol. The molecule has 5 rings (SSSR count). The Morgan fingerprint density at radius 3 is 3.00 bits per heavy atom. The average Bonchev–Trinajstić information content (AvgIpc) is 3.34. The van der Waals surface area contributed by atoms with E-state index in [1.165, 1.54) is 28.4 Å². The fraction of sp³-hybridized carbons (Fsp3) is 0.375. The largest absolute Gasteiger partial charge is 0.475 e. The molecule has 0 bridgehead atoms. The molecule has 0 fully saturated rings. The monoisotopic (exact) mass is 400 g/mol. The van der Waals surface area contributed by atoms with Gasteiger partial charge in [-0.15, -0.1) is 21.5 Å². The summed E-state index contributed by atoms with van der Waals surface area (Å²) in [5.41, 5.74) is 1.87. The first-order valence-electron chi connectivity index (χ1n) is 8.62. The molecule has 4 aromatic rings. The minimum atomic E-state index is -0.526. The van der Waals surface area contributed by atoms with Crippen molar-refractivity contribution >= 4 is 32.9 Å². The van der Waals surface area contributed by atoms with E-state index in [4.69, 9.17) is 4.74 Å². The first-order chi connectivity index (χ1) is 13.5. The van der Waals surface area contributed by atoms with Gasteiger partial charge in [0.25, 0.3) is 0 Å². The molecule has 5 heterocycles. The van der Waals surface area contributed by atoms with Crippen LogP contribution in [0.5, 0.6) is 5.88 Å². The summed E-state index contributed by atoms with van der Waals surface area (Å²) >= 11 is 1.70. The fourth-order valence-corrected chi connectivity index (χ4v) is 4.78. The Morgan fingerprint density at radius 2 is 2.25 bits per heavy atom. The number of hydrogen-bond acceptors (Lipinski definition) is 9. The first-order valence-corrected chi connectivity index (χ1v) is 9.44. The van der Waals surface area contributed by atoms with E-state index >= 15 is 0 Å². The van der Waals surface area contributed by atoms with Crippen LogP contribution in [0.1, 0.15) is 16.3 Å². The minimum absolute atomic E-state index is 0.0335. The van der Waals surface area contributed by atoms with Crippen LogP contribution >= 0.6 is 11.3 Å². The van der Waals surface area contributed by atoms with Crippen molar-refractivity contribution in [1.29, 1.82) is 0 Å². The lowest BCUT2D eigenvalue weighted by atomic mass is 10.1. The number of fused-ring (bicyclic) bond motifs is 5. The smallest absolute Gasteiger partial charge is 0.350 e. The van der Waals surface area contributed by atoms with Crippen LogP contribution in [0.25, 0.3) is 15.9 Å². The second-order valence-corrected chi connectivity index (χ2v) is 7.77. The maximum absolute atomic E-state index is 11.1. The van der Waals surface area contributed by atoms with E-state index < -0.39 is 4.92 Å². The zero-order chi connectivity index (χ0) is 19.4. The van der Waals surface area contributed by atoms with Gasteiger partial charge < -0.3 is 9.64 Å². The van der Waals surface area contributed by atoms with E-state index in [1.54, 1.807) is 22.2 Å². The van der Waals surface area contributed by atoms with Crippen LogP contribution in [-0.4, -0.2) is 59.9 Å². The number of nitro groups is 1. The molecule has 0 atom stereocenters. The van der Waals surface area contributed by atoms with Gasteiger partial charge in [0.2, 0.25) is 0 Å². The Morgan fingerprint density at radius 1 is 1.39 bits per heavy atom. The lowest BCUT2D eigenvalue weighted by Crippen LogP contribution is -2.25. The van der Waals surface area contributed by atoms with E-state index in [2.05, 4.69) is 32.1 Å².